The molecule has 3 aromatic carbocycles. The molecule has 4 rings (SSSR count). The number of rotatable bonds is 7. The standard InChI is InChI=1S/C23H18FN3O3/c24-20-12-5-4-11-19(20)23-26-22(27-30-23)17-9-6-10-18(13-17)29-15-21(28)25-14-16-7-2-1-3-8-16/h1-13H,14-15H2,(H,25,28). The summed E-state index contributed by atoms with van der Waals surface area (Å²) in [6.45, 7) is 0.313. The van der Waals surface area contributed by atoms with Crippen molar-refractivity contribution in [2.45, 2.75) is 6.54 Å². The predicted octanol–water partition coefficient (Wildman–Crippen LogP) is 4.24. The van der Waals surface area contributed by atoms with E-state index in [1.165, 1.54) is 6.07 Å². The topological polar surface area (TPSA) is 77.2 Å². The lowest BCUT2D eigenvalue weighted by molar-refractivity contribution is -0.123. The highest BCUT2D eigenvalue weighted by Crippen LogP contribution is 2.26. The molecule has 30 heavy (non-hydrogen) atoms. The highest BCUT2D eigenvalue weighted by atomic mass is 19.1. The van der Waals surface area contributed by atoms with Gasteiger partial charge in [-0.05, 0) is 29.8 Å². The largest absolute Gasteiger partial charge is 0.484 e. The minimum Gasteiger partial charge on any atom is -0.484 e. The maximum absolute atomic E-state index is 13.9. The fourth-order valence-electron chi connectivity index (χ4n) is 2.81. The molecule has 1 aromatic heterocycles. The zero-order chi connectivity index (χ0) is 20.8. The molecule has 0 fully saturated rings. The lowest BCUT2D eigenvalue weighted by Gasteiger charge is -2.08. The lowest BCUT2D eigenvalue weighted by atomic mass is 10.2. The Morgan fingerprint density at radius 1 is 1.00 bits per heavy atom. The van der Waals surface area contributed by atoms with Crippen molar-refractivity contribution >= 4 is 5.91 Å². The molecular formula is C23H18FN3O3. The summed E-state index contributed by atoms with van der Waals surface area (Å²) in [7, 11) is 0. The molecule has 150 valence electrons. The van der Waals surface area contributed by atoms with Crippen molar-refractivity contribution in [2.75, 3.05) is 6.61 Å². The average molecular weight is 403 g/mol. The molecule has 1 heterocycles. The quantitative estimate of drug-likeness (QED) is 0.500. The first kappa shape index (κ1) is 19.3. The van der Waals surface area contributed by atoms with Gasteiger partial charge in [-0.15, -0.1) is 0 Å². The summed E-state index contributed by atoms with van der Waals surface area (Å²) in [5, 5.41) is 6.72. The minimum atomic E-state index is -0.439. The fraction of sp³-hybridized carbons (Fsp3) is 0.0870. The van der Waals surface area contributed by atoms with Crippen molar-refractivity contribution in [3.05, 3.63) is 90.2 Å². The Kier molecular flexibility index (Phi) is 5.80. The van der Waals surface area contributed by atoms with Gasteiger partial charge in [0.2, 0.25) is 5.82 Å². The van der Waals surface area contributed by atoms with E-state index in [0.717, 1.165) is 5.56 Å². The molecule has 0 aliphatic carbocycles. The number of nitrogens with zero attached hydrogens (tertiary/aromatic N) is 2. The molecule has 0 atom stereocenters. The van der Waals surface area contributed by atoms with E-state index in [-0.39, 0.29) is 24.0 Å². The van der Waals surface area contributed by atoms with Crippen LogP contribution in [0.4, 0.5) is 4.39 Å². The maximum atomic E-state index is 13.9. The minimum absolute atomic E-state index is 0.0923. The van der Waals surface area contributed by atoms with Crippen LogP contribution in [0, 0.1) is 5.82 Å². The Hall–Kier alpha value is -4.00. The van der Waals surface area contributed by atoms with Crippen molar-refractivity contribution in [3.8, 4) is 28.6 Å². The van der Waals surface area contributed by atoms with Crippen molar-refractivity contribution in [1.82, 2.24) is 15.5 Å². The van der Waals surface area contributed by atoms with Gasteiger partial charge in [-0.1, -0.05) is 59.8 Å². The molecule has 0 spiro atoms. The van der Waals surface area contributed by atoms with Crippen LogP contribution in [0.5, 0.6) is 5.75 Å². The van der Waals surface area contributed by atoms with E-state index in [2.05, 4.69) is 15.5 Å². The summed E-state index contributed by atoms with van der Waals surface area (Å²) < 4.78 is 24.7. The Bertz CT molecular complexity index is 1150. The van der Waals surface area contributed by atoms with Gasteiger partial charge in [-0.25, -0.2) is 4.39 Å². The van der Waals surface area contributed by atoms with Crippen molar-refractivity contribution in [1.29, 1.82) is 0 Å². The van der Waals surface area contributed by atoms with E-state index < -0.39 is 5.82 Å². The summed E-state index contributed by atoms with van der Waals surface area (Å²) >= 11 is 0. The molecule has 0 bridgehead atoms. The van der Waals surface area contributed by atoms with E-state index in [1.54, 1.807) is 42.5 Å². The lowest BCUT2D eigenvalue weighted by Crippen LogP contribution is -2.28. The number of carbonyl (C=O) groups is 1. The van der Waals surface area contributed by atoms with E-state index >= 15 is 0 Å². The van der Waals surface area contributed by atoms with Crippen molar-refractivity contribution in [3.63, 3.8) is 0 Å². The highest BCUT2D eigenvalue weighted by molar-refractivity contribution is 5.77. The van der Waals surface area contributed by atoms with Gasteiger partial charge < -0.3 is 14.6 Å². The van der Waals surface area contributed by atoms with E-state index in [4.69, 9.17) is 9.26 Å². The second kappa shape index (κ2) is 9.00. The van der Waals surface area contributed by atoms with Gasteiger partial charge >= 0.3 is 0 Å². The van der Waals surface area contributed by atoms with Gasteiger partial charge in [-0.3, -0.25) is 4.79 Å². The van der Waals surface area contributed by atoms with Crippen molar-refractivity contribution in [2.24, 2.45) is 0 Å². The molecule has 0 saturated carbocycles. The Morgan fingerprint density at radius 3 is 2.63 bits per heavy atom. The number of ether oxygens (including phenoxy) is 1. The van der Waals surface area contributed by atoms with Crippen LogP contribution in [0.2, 0.25) is 0 Å². The zero-order valence-corrected chi connectivity index (χ0v) is 15.9. The first-order valence-corrected chi connectivity index (χ1v) is 9.31. The normalized spacial score (nSPS) is 10.6. The zero-order valence-electron chi connectivity index (χ0n) is 15.9. The Balaban J connectivity index is 1.38. The second-order valence-electron chi connectivity index (χ2n) is 6.48. The van der Waals surface area contributed by atoms with Gasteiger partial charge in [0, 0.05) is 12.1 Å². The smallest absolute Gasteiger partial charge is 0.261 e. The van der Waals surface area contributed by atoms with E-state index in [9.17, 15) is 9.18 Å². The molecule has 6 nitrogen and oxygen atoms in total. The number of nitrogens with one attached hydrogen (secondary N) is 1. The van der Waals surface area contributed by atoms with E-state index in [0.29, 0.717) is 23.7 Å². The number of aromatic nitrogens is 2. The third-order valence-corrected chi connectivity index (χ3v) is 4.32. The highest BCUT2D eigenvalue weighted by Gasteiger charge is 2.14. The summed E-state index contributed by atoms with van der Waals surface area (Å²) in [5.74, 6) is 0.207. The predicted molar refractivity (Wildman–Crippen MR) is 109 cm³/mol. The van der Waals surface area contributed by atoms with Gasteiger partial charge in [0.15, 0.2) is 6.61 Å². The van der Waals surface area contributed by atoms with E-state index in [1.807, 2.05) is 30.3 Å². The molecule has 1 amide bonds. The molecule has 0 saturated heterocycles. The van der Waals surface area contributed by atoms with Crippen LogP contribution < -0.4 is 10.1 Å². The van der Waals surface area contributed by atoms with Gasteiger partial charge in [-0.2, -0.15) is 4.98 Å². The van der Waals surface area contributed by atoms with Crippen LogP contribution in [-0.4, -0.2) is 22.7 Å². The monoisotopic (exact) mass is 403 g/mol. The number of halogens is 1. The van der Waals surface area contributed by atoms with Crippen LogP contribution in [-0.2, 0) is 11.3 Å². The summed E-state index contributed by atoms with van der Waals surface area (Å²) in [6.07, 6.45) is 0. The Labute approximate surface area is 172 Å². The van der Waals surface area contributed by atoms with Crippen LogP contribution in [0.1, 0.15) is 5.56 Å². The number of benzene rings is 3. The molecule has 0 radical (unpaired) electrons. The van der Waals surface area contributed by atoms with Crippen molar-refractivity contribution < 1.29 is 18.4 Å². The molecule has 7 heteroatoms. The third kappa shape index (κ3) is 4.70. The molecule has 0 unspecified atom stereocenters. The number of hydrogen-bond acceptors (Lipinski definition) is 5. The summed E-state index contributed by atoms with van der Waals surface area (Å²) in [5.41, 5.74) is 1.87. The van der Waals surface area contributed by atoms with Gasteiger partial charge in [0.25, 0.3) is 11.8 Å². The molecule has 4 aromatic rings. The molecular weight excluding hydrogens is 385 g/mol. The Morgan fingerprint density at radius 2 is 1.80 bits per heavy atom. The van der Waals surface area contributed by atoms with Crippen LogP contribution in [0.15, 0.2) is 83.4 Å². The van der Waals surface area contributed by atoms with Gasteiger partial charge in [0.05, 0.1) is 5.56 Å². The molecule has 0 aliphatic heterocycles. The third-order valence-electron chi connectivity index (χ3n) is 4.32. The average Bonchev–Trinajstić information content (AvgIpc) is 3.28. The first-order chi connectivity index (χ1) is 14.7. The number of amides is 1. The number of hydrogen-bond donors (Lipinski definition) is 1. The fourth-order valence-corrected chi connectivity index (χ4v) is 2.81. The van der Waals surface area contributed by atoms with Crippen LogP contribution in [0.25, 0.3) is 22.8 Å². The number of carbonyl (C=O) groups excluding carboxylic acids is 1. The van der Waals surface area contributed by atoms with Crippen LogP contribution in [0.3, 0.4) is 0 Å². The van der Waals surface area contributed by atoms with Crippen LogP contribution >= 0.6 is 0 Å². The second-order valence-corrected chi connectivity index (χ2v) is 6.48. The molecule has 1 N–H and O–H groups in total. The first-order valence-electron chi connectivity index (χ1n) is 9.31. The summed E-state index contributed by atoms with van der Waals surface area (Å²) in [4.78, 5) is 16.3. The van der Waals surface area contributed by atoms with Gasteiger partial charge in [0.1, 0.15) is 11.6 Å². The molecule has 0 aliphatic rings. The SMILES string of the molecule is O=C(COc1cccc(-c2noc(-c3ccccc3F)n2)c1)NCc1ccccc1. The summed E-state index contributed by atoms with van der Waals surface area (Å²) in [6, 6.07) is 22.8. The maximum Gasteiger partial charge on any atom is 0.261 e.